The average molecular weight is 329 g/mol. The molecule has 0 bridgehead atoms. The van der Waals surface area contributed by atoms with Crippen molar-refractivity contribution in [3.8, 4) is 11.8 Å². The molecule has 5 heteroatoms. The number of halogens is 3. The van der Waals surface area contributed by atoms with Gasteiger partial charge in [0.2, 0.25) is 0 Å². The molecular formula is C19H14F3NO. The summed E-state index contributed by atoms with van der Waals surface area (Å²) in [5.74, 6) is 4.81. The van der Waals surface area contributed by atoms with Crippen molar-refractivity contribution in [2.24, 2.45) is 0 Å². The number of hydrogen-bond donors (Lipinski definition) is 0. The topological polar surface area (TPSA) is 20.3 Å². The van der Waals surface area contributed by atoms with Crippen LogP contribution < -0.4 is 4.90 Å². The molecule has 122 valence electrons. The molecule has 0 N–H and O–H groups in total. The molecule has 1 atom stereocenters. The van der Waals surface area contributed by atoms with Crippen molar-refractivity contribution in [2.75, 3.05) is 4.90 Å². The van der Waals surface area contributed by atoms with Gasteiger partial charge in [0.05, 0.1) is 5.56 Å². The van der Waals surface area contributed by atoms with E-state index in [1.165, 1.54) is 12.1 Å². The van der Waals surface area contributed by atoms with Gasteiger partial charge in [-0.1, -0.05) is 24.1 Å². The Kier molecular flexibility index (Phi) is 4.06. The molecule has 1 heterocycles. The number of fused-ring (bicyclic) bond motifs is 1. The molecule has 1 unspecified atom stereocenters. The number of anilines is 1. The van der Waals surface area contributed by atoms with Crippen LogP contribution >= 0.6 is 0 Å². The van der Waals surface area contributed by atoms with Crippen molar-refractivity contribution < 1.29 is 18.0 Å². The van der Waals surface area contributed by atoms with Crippen molar-refractivity contribution in [1.82, 2.24) is 0 Å². The number of rotatable bonds is 0. The lowest BCUT2D eigenvalue weighted by atomic mass is 10.1. The van der Waals surface area contributed by atoms with Crippen LogP contribution in [0.3, 0.4) is 0 Å². The molecule has 1 aliphatic heterocycles. The van der Waals surface area contributed by atoms with Crippen LogP contribution in [-0.4, -0.2) is 11.9 Å². The minimum absolute atomic E-state index is 0.0109. The first-order chi connectivity index (χ1) is 11.4. The highest BCUT2D eigenvalue weighted by molar-refractivity contribution is 6.07. The van der Waals surface area contributed by atoms with Gasteiger partial charge >= 0.3 is 12.1 Å². The summed E-state index contributed by atoms with van der Waals surface area (Å²) in [6, 6.07) is 12.1. The molecule has 0 spiro atoms. The molecule has 3 rings (SSSR count). The fourth-order valence-electron chi connectivity index (χ4n) is 2.80. The first kappa shape index (κ1) is 16.1. The van der Waals surface area contributed by atoms with Crippen molar-refractivity contribution in [2.45, 2.75) is 25.6 Å². The lowest BCUT2D eigenvalue weighted by molar-refractivity contribution is -0.137. The molecule has 0 radical (unpaired) electrons. The number of amides is 1. The summed E-state index contributed by atoms with van der Waals surface area (Å²) in [5, 5.41) is 0. The number of benzene rings is 2. The summed E-state index contributed by atoms with van der Waals surface area (Å²) in [5.41, 5.74) is 1.57. The monoisotopic (exact) mass is 329 g/mol. The molecule has 1 aliphatic rings. The Morgan fingerprint density at radius 1 is 1.12 bits per heavy atom. The summed E-state index contributed by atoms with van der Waals surface area (Å²) < 4.78 is 37.6. The van der Waals surface area contributed by atoms with Crippen LogP contribution in [0.25, 0.3) is 0 Å². The van der Waals surface area contributed by atoms with Gasteiger partial charge in [-0.3, -0.25) is 9.69 Å². The van der Waals surface area contributed by atoms with Crippen LogP contribution in [-0.2, 0) is 17.4 Å². The third-order valence-corrected chi connectivity index (χ3v) is 3.95. The second-order valence-corrected chi connectivity index (χ2v) is 5.68. The third kappa shape index (κ3) is 3.13. The zero-order valence-corrected chi connectivity index (χ0v) is 12.9. The molecule has 1 amide bonds. The van der Waals surface area contributed by atoms with Gasteiger partial charge < -0.3 is 0 Å². The maximum absolute atomic E-state index is 12.5. The second-order valence-electron chi connectivity index (χ2n) is 5.68. The number of carbonyl (C=O) groups excluding carboxylic acids is 1. The Bertz CT molecular complexity index is 828. The predicted octanol–water partition coefficient (Wildman–Crippen LogP) is 4.03. The Labute approximate surface area is 137 Å². The van der Waals surface area contributed by atoms with E-state index in [0.717, 1.165) is 29.8 Å². The summed E-state index contributed by atoms with van der Waals surface area (Å²) >= 11 is 0. The van der Waals surface area contributed by atoms with Gasteiger partial charge in [-0.2, -0.15) is 13.2 Å². The average Bonchev–Trinajstić information content (AvgIpc) is 2.88. The zero-order valence-electron chi connectivity index (χ0n) is 12.9. The molecule has 0 aliphatic carbocycles. The fourth-order valence-corrected chi connectivity index (χ4v) is 2.80. The Morgan fingerprint density at radius 3 is 2.46 bits per heavy atom. The Hall–Kier alpha value is -2.74. The van der Waals surface area contributed by atoms with Crippen LogP contribution in [0.15, 0.2) is 48.5 Å². The standard InChI is InChI=1S/C19H14F3NO/c1-13-12-15-4-2-3-5-17(15)23(13)18(24)11-8-14-6-9-16(10-7-14)19(20,21)22/h2-7,9-10,13H,12H2,1H3. The van der Waals surface area contributed by atoms with Crippen LogP contribution in [0.5, 0.6) is 0 Å². The van der Waals surface area contributed by atoms with Gasteiger partial charge in [-0.05, 0) is 49.2 Å². The fraction of sp³-hybridized carbons (Fsp3) is 0.211. The van der Waals surface area contributed by atoms with Gasteiger partial charge in [-0.25, -0.2) is 0 Å². The molecule has 2 nitrogen and oxygen atoms in total. The number of alkyl halides is 3. The summed E-state index contributed by atoms with van der Waals surface area (Å²) in [6.07, 6.45) is -3.61. The Balaban J connectivity index is 1.80. The molecule has 0 saturated heterocycles. The second kappa shape index (κ2) is 6.04. The molecule has 0 saturated carbocycles. The van der Waals surface area contributed by atoms with Crippen LogP contribution in [0.1, 0.15) is 23.6 Å². The van der Waals surface area contributed by atoms with E-state index >= 15 is 0 Å². The number of hydrogen-bond acceptors (Lipinski definition) is 1. The van der Waals surface area contributed by atoms with Gasteiger partial charge in [0, 0.05) is 23.2 Å². The highest BCUT2D eigenvalue weighted by Gasteiger charge is 2.30. The van der Waals surface area contributed by atoms with E-state index < -0.39 is 11.7 Å². The van der Waals surface area contributed by atoms with Crippen molar-refractivity contribution in [3.63, 3.8) is 0 Å². The van der Waals surface area contributed by atoms with Gasteiger partial charge in [-0.15, -0.1) is 0 Å². The van der Waals surface area contributed by atoms with E-state index in [4.69, 9.17) is 0 Å². The predicted molar refractivity (Wildman–Crippen MR) is 85.4 cm³/mol. The van der Waals surface area contributed by atoms with Crippen LogP contribution in [0.2, 0.25) is 0 Å². The van der Waals surface area contributed by atoms with Crippen LogP contribution in [0.4, 0.5) is 18.9 Å². The SMILES string of the molecule is CC1Cc2ccccc2N1C(=O)C#Cc1ccc(C(F)(F)F)cc1. The smallest absolute Gasteiger partial charge is 0.298 e. The highest BCUT2D eigenvalue weighted by atomic mass is 19.4. The number of carbonyl (C=O) groups is 1. The lowest BCUT2D eigenvalue weighted by Crippen LogP contribution is -2.34. The number of nitrogens with zero attached hydrogens (tertiary/aromatic N) is 1. The van der Waals surface area contributed by atoms with E-state index in [1.807, 2.05) is 31.2 Å². The molecule has 0 aromatic heterocycles. The van der Waals surface area contributed by atoms with E-state index in [2.05, 4.69) is 11.8 Å². The summed E-state index contributed by atoms with van der Waals surface area (Å²) in [6.45, 7) is 1.94. The van der Waals surface area contributed by atoms with Gasteiger partial charge in [0.25, 0.3) is 0 Å². The molecule has 24 heavy (non-hydrogen) atoms. The lowest BCUT2D eigenvalue weighted by Gasteiger charge is -2.19. The largest absolute Gasteiger partial charge is 0.416 e. The maximum atomic E-state index is 12.5. The van der Waals surface area contributed by atoms with Crippen molar-refractivity contribution in [1.29, 1.82) is 0 Å². The van der Waals surface area contributed by atoms with E-state index in [1.54, 1.807) is 4.90 Å². The number of para-hydroxylation sites is 1. The highest BCUT2D eigenvalue weighted by Crippen LogP contribution is 2.31. The summed E-state index contributed by atoms with van der Waals surface area (Å²) in [7, 11) is 0. The van der Waals surface area contributed by atoms with Gasteiger partial charge in [0.1, 0.15) is 0 Å². The van der Waals surface area contributed by atoms with Gasteiger partial charge in [0.15, 0.2) is 0 Å². The molecule has 2 aromatic carbocycles. The first-order valence-corrected chi connectivity index (χ1v) is 7.46. The minimum Gasteiger partial charge on any atom is -0.298 e. The van der Waals surface area contributed by atoms with E-state index in [0.29, 0.717) is 5.56 Å². The van der Waals surface area contributed by atoms with Crippen molar-refractivity contribution in [3.05, 3.63) is 65.2 Å². The quantitative estimate of drug-likeness (QED) is 0.668. The van der Waals surface area contributed by atoms with Crippen molar-refractivity contribution >= 4 is 11.6 Å². The van der Waals surface area contributed by atoms with E-state index in [-0.39, 0.29) is 11.9 Å². The molecule has 2 aromatic rings. The van der Waals surface area contributed by atoms with E-state index in [9.17, 15) is 18.0 Å². The molecule has 0 fully saturated rings. The summed E-state index contributed by atoms with van der Waals surface area (Å²) in [4.78, 5) is 14.0. The Morgan fingerprint density at radius 2 is 1.79 bits per heavy atom. The first-order valence-electron chi connectivity index (χ1n) is 7.46. The normalized spacial score (nSPS) is 16.3. The maximum Gasteiger partial charge on any atom is 0.416 e. The zero-order chi connectivity index (χ0) is 17.3. The minimum atomic E-state index is -4.38. The van der Waals surface area contributed by atoms with Crippen LogP contribution in [0, 0.1) is 11.8 Å². The third-order valence-electron chi connectivity index (χ3n) is 3.95. The molecular weight excluding hydrogens is 315 g/mol.